The van der Waals surface area contributed by atoms with Crippen LogP contribution in [0.2, 0.25) is 0 Å². The smallest absolute Gasteiger partial charge is 0.306 e. The Hall–Kier alpha value is -3.93. The van der Waals surface area contributed by atoms with E-state index >= 15 is 0 Å². The molecule has 0 heterocycles. The molecule has 6 heteroatoms. The first-order valence-electron chi connectivity index (χ1n) is 30.9. The molecule has 0 amide bonds. The molecule has 0 radical (unpaired) electrons. The lowest BCUT2D eigenvalue weighted by molar-refractivity contribution is -0.166. The summed E-state index contributed by atoms with van der Waals surface area (Å²) in [6, 6.07) is 0. The molecule has 6 nitrogen and oxygen atoms in total. The standard InChI is InChI=1S/C68H114O6/c1-4-7-10-13-16-19-22-25-28-30-32-33-34-36-37-40-43-46-49-52-55-58-61-67(70)73-64-65(63-72-66(69)60-57-54-51-48-45-42-39-27-24-21-18-15-12-9-6-3)74-68(71)62-59-56-53-50-47-44-41-38-35-31-29-26-23-20-17-14-11-8-5-2/h8-9,11-12,17-18,20-21,26-27,29,35,38-39,44,47,53,56,65H,4-7,10,13-16,19,22-25,28,30-34,36-37,40-43,45-46,48-52,54-55,57-64H2,1-3H3/b11-8-,12-9-,20-17-,21-18-,29-26-,38-35-,39-27-,47-44-,56-53-. The van der Waals surface area contributed by atoms with Gasteiger partial charge < -0.3 is 14.2 Å². The van der Waals surface area contributed by atoms with Crippen LogP contribution >= 0.6 is 0 Å². The maximum absolute atomic E-state index is 12.9. The van der Waals surface area contributed by atoms with Crippen LogP contribution in [0.3, 0.4) is 0 Å². The van der Waals surface area contributed by atoms with Crippen molar-refractivity contribution in [3.8, 4) is 0 Å². The lowest BCUT2D eigenvalue weighted by Gasteiger charge is -2.18. The van der Waals surface area contributed by atoms with E-state index in [-0.39, 0.29) is 31.6 Å². The van der Waals surface area contributed by atoms with Gasteiger partial charge in [-0.2, -0.15) is 0 Å². The van der Waals surface area contributed by atoms with Crippen LogP contribution in [0.15, 0.2) is 109 Å². The summed E-state index contributed by atoms with van der Waals surface area (Å²) < 4.78 is 16.8. The zero-order valence-electron chi connectivity index (χ0n) is 48.3. The maximum Gasteiger partial charge on any atom is 0.306 e. The molecule has 0 aliphatic carbocycles. The van der Waals surface area contributed by atoms with E-state index in [9.17, 15) is 14.4 Å². The molecule has 1 atom stereocenters. The first kappa shape index (κ1) is 70.1. The molecule has 0 aliphatic rings. The number of carbonyl (C=O) groups excluding carboxylic acids is 3. The van der Waals surface area contributed by atoms with E-state index < -0.39 is 12.1 Å². The van der Waals surface area contributed by atoms with Gasteiger partial charge in [-0.15, -0.1) is 0 Å². The molecule has 0 bridgehead atoms. The molecule has 0 aromatic rings. The van der Waals surface area contributed by atoms with Crippen LogP contribution in [0.25, 0.3) is 0 Å². The van der Waals surface area contributed by atoms with Gasteiger partial charge >= 0.3 is 17.9 Å². The van der Waals surface area contributed by atoms with Gasteiger partial charge in [0.2, 0.25) is 0 Å². The Labute approximate surface area is 457 Å². The number of carbonyl (C=O) groups is 3. The molecule has 0 aromatic carbocycles. The maximum atomic E-state index is 12.9. The van der Waals surface area contributed by atoms with E-state index in [2.05, 4.69) is 124 Å². The van der Waals surface area contributed by atoms with Crippen LogP contribution in [0.4, 0.5) is 0 Å². The van der Waals surface area contributed by atoms with Crippen molar-refractivity contribution in [1.82, 2.24) is 0 Å². The number of ether oxygens (including phenoxy) is 3. The van der Waals surface area contributed by atoms with Gasteiger partial charge in [-0.05, 0) is 89.9 Å². The molecule has 0 saturated carbocycles. The molecule has 74 heavy (non-hydrogen) atoms. The highest BCUT2D eigenvalue weighted by molar-refractivity contribution is 5.71. The molecule has 422 valence electrons. The van der Waals surface area contributed by atoms with E-state index in [1.807, 2.05) is 6.08 Å². The fraction of sp³-hybridized carbons (Fsp3) is 0.691. The number of hydrogen-bond donors (Lipinski definition) is 0. The Morgan fingerprint density at radius 1 is 0.284 bits per heavy atom. The first-order valence-corrected chi connectivity index (χ1v) is 30.9. The average Bonchev–Trinajstić information content (AvgIpc) is 3.40. The summed E-state index contributed by atoms with van der Waals surface area (Å²) >= 11 is 0. The minimum absolute atomic E-state index is 0.113. The highest BCUT2D eigenvalue weighted by Gasteiger charge is 2.19. The molecule has 0 aliphatic heterocycles. The zero-order chi connectivity index (χ0) is 53.6. The van der Waals surface area contributed by atoms with Gasteiger partial charge in [-0.25, -0.2) is 0 Å². The molecule has 0 rings (SSSR count). The van der Waals surface area contributed by atoms with E-state index in [0.717, 1.165) is 116 Å². The Morgan fingerprint density at radius 2 is 0.554 bits per heavy atom. The molecule has 0 fully saturated rings. The van der Waals surface area contributed by atoms with Crippen molar-refractivity contribution in [3.63, 3.8) is 0 Å². The summed E-state index contributed by atoms with van der Waals surface area (Å²) in [5.41, 5.74) is 0. The van der Waals surface area contributed by atoms with Crippen LogP contribution in [0.5, 0.6) is 0 Å². The quantitative estimate of drug-likeness (QED) is 0.0261. The monoisotopic (exact) mass is 1030 g/mol. The summed E-state index contributed by atoms with van der Waals surface area (Å²) in [7, 11) is 0. The van der Waals surface area contributed by atoms with E-state index in [1.165, 1.54) is 122 Å². The second-order valence-electron chi connectivity index (χ2n) is 20.2. The highest BCUT2D eigenvalue weighted by Crippen LogP contribution is 2.16. The Morgan fingerprint density at radius 3 is 0.878 bits per heavy atom. The van der Waals surface area contributed by atoms with Crippen molar-refractivity contribution in [2.45, 2.75) is 290 Å². The van der Waals surface area contributed by atoms with Crippen molar-refractivity contribution in [2.24, 2.45) is 0 Å². The lowest BCUT2D eigenvalue weighted by Crippen LogP contribution is -2.30. The van der Waals surface area contributed by atoms with Crippen molar-refractivity contribution in [2.75, 3.05) is 13.2 Å². The van der Waals surface area contributed by atoms with Crippen LogP contribution in [-0.4, -0.2) is 37.2 Å². The zero-order valence-corrected chi connectivity index (χ0v) is 48.3. The Kier molecular flexibility index (Phi) is 58.3. The first-order chi connectivity index (χ1) is 36.5. The molecular formula is C68H114O6. The van der Waals surface area contributed by atoms with Crippen molar-refractivity contribution in [1.29, 1.82) is 0 Å². The summed E-state index contributed by atoms with van der Waals surface area (Å²) in [6.07, 6.45) is 83.9. The minimum atomic E-state index is -0.827. The van der Waals surface area contributed by atoms with Gasteiger partial charge in [0.05, 0.1) is 0 Å². The van der Waals surface area contributed by atoms with E-state index in [1.54, 1.807) is 0 Å². The summed E-state index contributed by atoms with van der Waals surface area (Å²) in [5.74, 6) is -1.01. The highest BCUT2D eigenvalue weighted by atomic mass is 16.6. The lowest BCUT2D eigenvalue weighted by atomic mass is 10.0. The Bertz CT molecular complexity index is 1510. The normalized spacial score (nSPS) is 12.9. The predicted octanol–water partition coefficient (Wildman–Crippen LogP) is 21.0. The molecule has 1 unspecified atom stereocenters. The van der Waals surface area contributed by atoms with Crippen molar-refractivity contribution < 1.29 is 28.6 Å². The van der Waals surface area contributed by atoms with E-state index in [4.69, 9.17) is 14.2 Å². The van der Waals surface area contributed by atoms with Crippen molar-refractivity contribution >= 4 is 17.9 Å². The predicted molar refractivity (Wildman–Crippen MR) is 320 cm³/mol. The topological polar surface area (TPSA) is 78.9 Å². The van der Waals surface area contributed by atoms with Gasteiger partial charge in [-0.1, -0.05) is 284 Å². The fourth-order valence-corrected chi connectivity index (χ4v) is 8.48. The molecule has 0 spiro atoms. The van der Waals surface area contributed by atoms with Crippen LogP contribution < -0.4 is 0 Å². The third-order valence-corrected chi connectivity index (χ3v) is 13.0. The number of allylic oxidation sites excluding steroid dienone is 18. The van der Waals surface area contributed by atoms with Crippen LogP contribution in [0, 0.1) is 0 Å². The summed E-state index contributed by atoms with van der Waals surface area (Å²) in [6.45, 7) is 6.36. The minimum Gasteiger partial charge on any atom is -0.462 e. The molecular weight excluding hydrogens is 913 g/mol. The Balaban J connectivity index is 4.46. The van der Waals surface area contributed by atoms with Gasteiger partial charge in [0.1, 0.15) is 13.2 Å². The summed E-state index contributed by atoms with van der Waals surface area (Å²) in [4.78, 5) is 38.2. The van der Waals surface area contributed by atoms with Gasteiger partial charge in [0.15, 0.2) is 6.10 Å². The fourth-order valence-electron chi connectivity index (χ4n) is 8.48. The van der Waals surface area contributed by atoms with Gasteiger partial charge in [0, 0.05) is 19.3 Å². The molecule has 0 saturated heterocycles. The van der Waals surface area contributed by atoms with Gasteiger partial charge in [0.25, 0.3) is 0 Å². The molecule has 0 N–H and O–H groups in total. The largest absolute Gasteiger partial charge is 0.462 e. The van der Waals surface area contributed by atoms with Crippen LogP contribution in [-0.2, 0) is 28.6 Å². The van der Waals surface area contributed by atoms with Crippen molar-refractivity contribution in [3.05, 3.63) is 109 Å². The van der Waals surface area contributed by atoms with Gasteiger partial charge in [-0.3, -0.25) is 14.4 Å². The SMILES string of the molecule is CC/C=C\C/C=C\C/C=C\C/C=C\C/C=C\C/C=C\CCC(=O)OC(COC(=O)CCCCCCC/C=C\C/C=C\C/C=C\CC)COC(=O)CCCCCCCCCCCCCCCCCCCCCCCC. The third-order valence-electron chi connectivity index (χ3n) is 13.0. The molecule has 0 aromatic heterocycles. The number of esters is 3. The summed E-state index contributed by atoms with van der Waals surface area (Å²) in [5, 5.41) is 0. The van der Waals surface area contributed by atoms with Crippen LogP contribution in [0.1, 0.15) is 284 Å². The number of hydrogen-bond acceptors (Lipinski definition) is 6. The third kappa shape index (κ3) is 59.0. The second-order valence-corrected chi connectivity index (χ2v) is 20.2. The average molecular weight is 1030 g/mol. The number of unbranched alkanes of at least 4 members (excludes halogenated alkanes) is 26. The second kappa shape index (κ2) is 61.6. The number of rotatable bonds is 55. The van der Waals surface area contributed by atoms with E-state index in [0.29, 0.717) is 19.3 Å².